The molecule has 3 aromatic heterocycles. The number of benzene rings is 1. The molecule has 0 unspecified atom stereocenters. The summed E-state index contributed by atoms with van der Waals surface area (Å²) in [6, 6.07) is 7.16. The highest BCUT2D eigenvalue weighted by Gasteiger charge is 2.33. The number of anilines is 1. The van der Waals surface area contributed by atoms with Crippen molar-refractivity contribution in [1.82, 2.24) is 19.7 Å². The lowest BCUT2D eigenvalue weighted by molar-refractivity contribution is -0.141. The van der Waals surface area contributed by atoms with Crippen molar-refractivity contribution in [3.05, 3.63) is 85.8 Å². The van der Waals surface area contributed by atoms with E-state index in [2.05, 4.69) is 20.4 Å². The lowest BCUT2D eigenvalue weighted by Gasteiger charge is -2.14. The molecule has 4 rings (SSSR count). The fraction of sp³-hybridized carbons (Fsp3) is 0.174. The van der Waals surface area contributed by atoms with Crippen LogP contribution >= 0.6 is 11.6 Å². The summed E-state index contributed by atoms with van der Waals surface area (Å²) >= 11 is 5.84. The van der Waals surface area contributed by atoms with Crippen molar-refractivity contribution >= 4 is 34.2 Å². The Morgan fingerprint density at radius 1 is 1.06 bits per heavy atom. The number of alkyl halides is 3. The van der Waals surface area contributed by atoms with Gasteiger partial charge in [-0.3, -0.25) is 9.59 Å². The zero-order valence-electron chi connectivity index (χ0n) is 18.5. The number of aromatic nitrogens is 4. The molecule has 7 nitrogen and oxygen atoms in total. The van der Waals surface area contributed by atoms with Gasteiger partial charge in [0.2, 0.25) is 5.43 Å². The molecule has 0 spiro atoms. The van der Waals surface area contributed by atoms with Crippen LogP contribution in [0.5, 0.6) is 0 Å². The quantitative estimate of drug-likeness (QED) is 0.388. The molecule has 4 aromatic rings. The van der Waals surface area contributed by atoms with Gasteiger partial charge in [0, 0.05) is 22.1 Å². The number of amides is 1. The van der Waals surface area contributed by atoms with E-state index in [0.29, 0.717) is 17.3 Å². The number of fused-ring (bicyclic) bond motifs is 1. The molecular formula is C23H16ClF4N5O2. The lowest BCUT2D eigenvalue weighted by Crippen LogP contribution is -2.28. The highest BCUT2D eigenvalue weighted by molar-refractivity contribution is 6.30. The molecule has 3 heterocycles. The zero-order chi connectivity index (χ0) is 25.7. The van der Waals surface area contributed by atoms with Crippen LogP contribution in [-0.2, 0) is 6.18 Å². The summed E-state index contributed by atoms with van der Waals surface area (Å²) in [4.78, 5) is 33.8. The fourth-order valence-electron chi connectivity index (χ4n) is 3.39. The van der Waals surface area contributed by atoms with Crippen LogP contribution in [0.1, 0.15) is 33.1 Å². The van der Waals surface area contributed by atoms with E-state index in [1.165, 1.54) is 25.1 Å². The molecular weight excluding hydrogens is 490 g/mol. The normalized spacial score (nSPS) is 11.7. The van der Waals surface area contributed by atoms with Gasteiger partial charge in [0.15, 0.2) is 5.69 Å². The molecule has 0 atom stereocenters. The first kappa shape index (κ1) is 24.3. The van der Waals surface area contributed by atoms with E-state index < -0.39 is 34.7 Å². The number of rotatable bonds is 3. The molecule has 1 amide bonds. The third-order valence-corrected chi connectivity index (χ3v) is 5.39. The average Bonchev–Trinajstić information content (AvgIpc) is 2.75. The van der Waals surface area contributed by atoms with Gasteiger partial charge in [-0.1, -0.05) is 11.6 Å². The molecule has 0 aliphatic rings. The number of aryl methyl sites for hydroxylation is 3. The van der Waals surface area contributed by atoms with E-state index in [9.17, 15) is 27.2 Å². The number of nitrogens with zero attached hydrogens (tertiary/aromatic N) is 4. The summed E-state index contributed by atoms with van der Waals surface area (Å²) in [5.41, 5.74) is -1.98. The van der Waals surface area contributed by atoms with Crippen LogP contribution in [0.3, 0.4) is 0 Å². The molecule has 0 saturated carbocycles. The number of pyridine rings is 2. The summed E-state index contributed by atoms with van der Waals surface area (Å²) in [5.74, 6) is -1.88. The van der Waals surface area contributed by atoms with Crippen LogP contribution in [0.25, 0.3) is 16.7 Å². The zero-order valence-corrected chi connectivity index (χ0v) is 19.2. The Labute approximate surface area is 200 Å². The maximum absolute atomic E-state index is 14.8. The molecule has 1 N–H and O–H groups in total. The summed E-state index contributed by atoms with van der Waals surface area (Å²) in [6.45, 7) is 4.71. The molecule has 1 aromatic carbocycles. The Balaban J connectivity index is 1.91. The number of hydrogen-bond donors (Lipinski definition) is 1. The maximum Gasteiger partial charge on any atom is 0.433 e. The van der Waals surface area contributed by atoms with E-state index in [1.807, 2.05) is 0 Å². The van der Waals surface area contributed by atoms with Gasteiger partial charge < -0.3 is 5.32 Å². The molecule has 35 heavy (non-hydrogen) atoms. The topological polar surface area (TPSA) is 89.8 Å². The van der Waals surface area contributed by atoms with Crippen LogP contribution in [-0.4, -0.2) is 25.7 Å². The predicted octanol–water partition coefficient (Wildman–Crippen LogP) is 5.16. The Morgan fingerprint density at radius 3 is 2.43 bits per heavy atom. The van der Waals surface area contributed by atoms with Crippen LogP contribution in [0.15, 0.2) is 41.2 Å². The molecule has 0 fully saturated rings. The summed E-state index contributed by atoms with van der Waals surface area (Å²) < 4.78 is 55.2. The lowest BCUT2D eigenvalue weighted by atomic mass is 10.1. The highest BCUT2D eigenvalue weighted by Crippen LogP contribution is 2.30. The van der Waals surface area contributed by atoms with Crippen molar-refractivity contribution in [2.24, 2.45) is 0 Å². The molecule has 180 valence electrons. The molecule has 0 aliphatic carbocycles. The second-order valence-corrected chi connectivity index (χ2v) is 8.21. The smallest absolute Gasteiger partial charge is 0.320 e. The third-order valence-electron chi connectivity index (χ3n) is 5.16. The van der Waals surface area contributed by atoms with Crippen molar-refractivity contribution in [2.45, 2.75) is 26.9 Å². The molecule has 0 saturated heterocycles. The minimum Gasteiger partial charge on any atom is -0.320 e. The summed E-state index contributed by atoms with van der Waals surface area (Å²) in [7, 11) is 0. The Hall–Kier alpha value is -3.86. The Bertz CT molecular complexity index is 1570. The second kappa shape index (κ2) is 8.73. The number of hydrogen-bond acceptors (Lipinski definition) is 5. The van der Waals surface area contributed by atoms with E-state index >= 15 is 0 Å². The molecule has 0 bridgehead atoms. The van der Waals surface area contributed by atoms with Crippen LogP contribution in [0.4, 0.5) is 23.2 Å². The minimum absolute atomic E-state index is 0.00462. The standard InChI is InChI=1S/C23H16ClF4N5O2/c1-10-6-17-19(30-12(10)3)21(34)20(32-33(17)16-5-4-13(24)8-15(16)25)22(35)31-14-7-11(2)29-18(9-14)23(26,27)28/h4-9H,1-3H3,(H,29,31,35). The van der Waals surface area contributed by atoms with E-state index in [0.717, 1.165) is 10.7 Å². The Kier molecular flexibility index (Phi) is 6.05. The van der Waals surface area contributed by atoms with Gasteiger partial charge in [-0.05, 0) is 62.7 Å². The van der Waals surface area contributed by atoms with Gasteiger partial charge in [-0.25, -0.2) is 19.0 Å². The SMILES string of the molecule is Cc1cc(NC(=O)c2nn(-c3ccc(Cl)cc3F)c3cc(C)c(C)nc3c2=O)cc(C(F)(F)F)n1. The largest absolute Gasteiger partial charge is 0.433 e. The summed E-state index contributed by atoms with van der Waals surface area (Å²) in [6.07, 6.45) is -4.75. The Morgan fingerprint density at radius 2 is 1.77 bits per heavy atom. The third kappa shape index (κ3) is 4.72. The van der Waals surface area contributed by atoms with Gasteiger partial charge in [-0.2, -0.15) is 18.3 Å². The van der Waals surface area contributed by atoms with Crippen molar-refractivity contribution < 1.29 is 22.4 Å². The average molecular weight is 506 g/mol. The van der Waals surface area contributed by atoms with Crippen molar-refractivity contribution in [2.75, 3.05) is 5.32 Å². The first-order valence-electron chi connectivity index (χ1n) is 10.1. The number of carbonyl (C=O) groups excluding carboxylic acids is 1. The van der Waals surface area contributed by atoms with Crippen molar-refractivity contribution in [3.8, 4) is 5.69 Å². The first-order chi connectivity index (χ1) is 16.3. The van der Waals surface area contributed by atoms with E-state index in [4.69, 9.17) is 11.6 Å². The van der Waals surface area contributed by atoms with Gasteiger partial charge >= 0.3 is 6.18 Å². The van der Waals surface area contributed by atoms with Crippen LogP contribution in [0.2, 0.25) is 5.02 Å². The van der Waals surface area contributed by atoms with E-state index in [1.54, 1.807) is 19.9 Å². The van der Waals surface area contributed by atoms with Gasteiger partial charge in [0.1, 0.15) is 22.7 Å². The van der Waals surface area contributed by atoms with E-state index in [-0.39, 0.29) is 33.1 Å². The molecule has 0 aliphatic heterocycles. The maximum atomic E-state index is 14.8. The second-order valence-electron chi connectivity index (χ2n) is 7.78. The molecule has 12 heteroatoms. The number of carbonyl (C=O) groups is 1. The predicted molar refractivity (Wildman–Crippen MR) is 122 cm³/mol. The summed E-state index contributed by atoms with van der Waals surface area (Å²) in [5, 5.41) is 6.42. The minimum atomic E-state index is -4.75. The fourth-order valence-corrected chi connectivity index (χ4v) is 3.55. The van der Waals surface area contributed by atoms with Crippen LogP contribution < -0.4 is 10.7 Å². The number of halogens is 5. The monoisotopic (exact) mass is 505 g/mol. The molecule has 0 radical (unpaired) electrons. The van der Waals surface area contributed by atoms with Crippen molar-refractivity contribution in [1.29, 1.82) is 0 Å². The number of nitrogens with one attached hydrogen (secondary N) is 1. The van der Waals surface area contributed by atoms with Crippen molar-refractivity contribution in [3.63, 3.8) is 0 Å². The van der Waals surface area contributed by atoms with Gasteiger partial charge in [-0.15, -0.1) is 0 Å². The van der Waals surface area contributed by atoms with Gasteiger partial charge in [0.25, 0.3) is 5.91 Å². The highest BCUT2D eigenvalue weighted by atomic mass is 35.5. The van der Waals surface area contributed by atoms with Crippen LogP contribution in [0, 0.1) is 26.6 Å². The van der Waals surface area contributed by atoms with Gasteiger partial charge in [0.05, 0.1) is 5.52 Å². The first-order valence-corrected chi connectivity index (χ1v) is 10.5.